The second kappa shape index (κ2) is 5.79. The number of fused-ring (bicyclic) bond motifs is 1. The van der Waals surface area contributed by atoms with Gasteiger partial charge in [-0.15, -0.1) is 10.2 Å². The van der Waals surface area contributed by atoms with Gasteiger partial charge in [0, 0.05) is 18.2 Å². The van der Waals surface area contributed by atoms with Crippen molar-refractivity contribution >= 4 is 17.5 Å². The van der Waals surface area contributed by atoms with Gasteiger partial charge in [0.15, 0.2) is 12.4 Å². The Morgan fingerprint density at radius 3 is 2.92 bits per heavy atom. The Morgan fingerprint density at radius 2 is 2.15 bits per heavy atom. The minimum Gasteiger partial charge on any atom is -0.466 e. The first-order valence-corrected chi connectivity index (χ1v) is 8.83. The summed E-state index contributed by atoms with van der Waals surface area (Å²) in [6.07, 6.45) is 6.07. The number of hydrogen-bond donors (Lipinski definition) is 2. The highest BCUT2D eigenvalue weighted by molar-refractivity contribution is 5.99. The molecule has 2 aliphatic carbocycles. The van der Waals surface area contributed by atoms with Crippen LogP contribution in [0.15, 0.2) is 12.3 Å². The summed E-state index contributed by atoms with van der Waals surface area (Å²) in [6, 6.07) is 2.04. The number of carbonyl (C=O) groups excluding carboxylic acids is 2. The number of carbonyl (C=O) groups is 2. The minimum absolute atomic E-state index is 0.0638. The summed E-state index contributed by atoms with van der Waals surface area (Å²) in [5, 5.41) is 14.2. The summed E-state index contributed by atoms with van der Waals surface area (Å²) in [5.41, 5.74) is 0.764. The highest BCUT2D eigenvalue weighted by atomic mass is 16.5. The lowest BCUT2D eigenvalue weighted by atomic mass is 10.2. The molecule has 2 N–H and O–H groups in total. The second-order valence-electron chi connectivity index (χ2n) is 6.95. The van der Waals surface area contributed by atoms with E-state index in [2.05, 4.69) is 30.4 Å². The number of pyridine rings is 1. The number of nitrogens with zero attached hydrogens (tertiary/aromatic N) is 4. The molecule has 5 rings (SSSR count). The molecule has 2 amide bonds. The van der Waals surface area contributed by atoms with Crippen LogP contribution in [0.3, 0.4) is 0 Å². The van der Waals surface area contributed by atoms with Gasteiger partial charge in [0.25, 0.3) is 11.8 Å². The van der Waals surface area contributed by atoms with Crippen LogP contribution in [0.25, 0.3) is 0 Å². The third-order valence-electron chi connectivity index (χ3n) is 4.78. The van der Waals surface area contributed by atoms with E-state index in [0.29, 0.717) is 35.6 Å². The van der Waals surface area contributed by atoms with Gasteiger partial charge in [-0.25, -0.2) is 4.98 Å². The first kappa shape index (κ1) is 15.3. The molecule has 0 radical (unpaired) electrons. The number of ether oxygens (including phenoxy) is 1. The van der Waals surface area contributed by atoms with Crippen LogP contribution in [-0.2, 0) is 11.3 Å². The lowest BCUT2D eigenvalue weighted by Crippen LogP contribution is -2.28. The molecule has 1 aliphatic heterocycles. The molecule has 134 valence electrons. The van der Waals surface area contributed by atoms with Gasteiger partial charge in [0.05, 0.1) is 12.1 Å². The van der Waals surface area contributed by atoms with E-state index >= 15 is 0 Å². The largest absolute Gasteiger partial charge is 0.466 e. The maximum absolute atomic E-state index is 12.5. The molecule has 9 heteroatoms. The molecule has 2 aromatic heterocycles. The number of hydrogen-bond acceptors (Lipinski definition) is 6. The van der Waals surface area contributed by atoms with Crippen LogP contribution in [0, 0.1) is 0 Å². The number of amides is 2. The summed E-state index contributed by atoms with van der Waals surface area (Å²) >= 11 is 0. The Hall–Kier alpha value is -2.97. The Balaban J connectivity index is 1.31. The van der Waals surface area contributed by atoms with Crippen molar-refractivity contribution in [1.82, 2.24) is 25.1 Å². The Kier molecular flexibility index (Phi) is 3.41. The topological polar surface area (TPSA) is 111 Å². The molecule has 9 nitrogen and oxygen atoms in total. The Bertz CT molecular complexity index is 900. The Labute approximate surface area is 149 Å². The second-order valence-corrected chi connectivity index (χ2v) is 6.95. The van der Waals surface area contributed by atoms with Crippen LogP contribution in [0.5, 0.6) is 5.88 Å². The lowest BCUT2D eigenvalue weighted by Gasteiger charge is -2.17. The number of aromatic nitrogens is 4. The van der Waals surface area contributed by atoms with Crippen LogP contribution in [0.4, 0.5) is 5.69 Å². The predicted molar refractivity (Wildman–Crippen MR) is 89.8 cm³/mol. The summed E-state index contributed by atoms with van der Waals surface area (Å²) in [7, 11) is 0. The Morgan fingerprint density at radius 1 is 1.31 bits per heavy atom. The zero-order chi connectivity index (χ0) is 17.7. The van der Waals surface area contributed by atoms with Gasteiger partial charge in [-0.3, -0.25) is 9.59 Å². The lowest BCUT2D eigenvalue weighted by molar-refractivity contribution is -0.118. The monoisotopic (exact) mass is 354 g/mol. The fraction of sp³-hybridized carbons (Fsp3) is 0.471. The molecule has 0 spiro atoms. The van der Waals surface area contributed by atoms with Crippen LogP contribution in [0.2, 0.25) is 0 Å². The van der Waals surface area contributed by atoms with Gasteiger partial charge in [0.2, 0.25) is 5.88 Å². The summed E-state index contributed by atoms with van der Waals surface area (Å²) < 4.78 is 7.41. The third kappa shape index (κ3) is 2.79. The first-order valence-electron chi connectivity index (χ1n) is 8.83. The highest BCUT2D eigenvalue weighted by Gasteiger charge is 2.36. The van der Waals surface area contributed by atoms with Crippen molar-refractivity contribution in [2.45, 2.75) is 44.2 Å². The van der Waals surface area contributed by atoms with Crippen molar-refractivity contribution in [2.24, 2.45) is 0 Å². The molecule has 0 aromatic carbocycles. The summed E-state index contributed by atoms with van der Waals surface area (Å²) in [6.45, 7) is 0.251. The first-order chi connectivity index (χ1) is 12.7. The van der Waals surface area contributed by atoms with Gasteiger partial charge in [-0.1, -0.05) is 0 Å². The van der Waals surface area contributed by atoms with Crippen LogP contribution in [0.1, 0.15) is 59.6 Å². The van der Waals surface area contributed by atoms with Crippen molar-refractivity contribution in [3.63, 3.8) is 0 Å². The summed E-state index contributed by atoms with van der Waals surface area (Å²) in [4.78, 5) is 28.0. The molecule has 0 bridgehead atoms. The molecule has 26 heavy (non-hydrogen) atoms. The molecule has 3 aliphatic rings. The van der Waals surface area contributed by atoms with E-state index in [1.807, 2.05) is 0 Å². The van der Waals surface area contributed by atoms with Crippen LogP contribution in [-0.4, -0.2) is 38.2 Å². The normalized spacial score (nSPS) is 18.7. The maximum Gasteiger partial charge on any atom is 0.262 e. The molecule has 2 saturated carbocycles. The van der Waals surface area contributed by atoms with Gasteiger partial charge in [-0.2, -0.15) is 0 Å². The van der Waals surface area contributed by atoms with E-state index < -0.39 is 0 Å². The van der Waals surface area contributed by atoms with Crippen molar-refractivity contribution in [3.8, 4) is 5.88 Å². The smallest absolute Gasteiger partial charge is 0.262 e. The molecule has 2 fully saturated rings. The quantitative estimate of drug-likeness (QED) is 0.833. The maximum atomic E-state index is 12.5. The zero-order valence-electron chi connectivity index (χ0n) is 14.1. The summed E-state index contributed by atoms with van der Waals surface area (Å²) in [5.74, 6) is 2.17. The average Bonchev–Trinajstić information content (AvgIpc) is 3.57. The number of rotatable bonds is 5. The predicted octanol–water partition coefficient (Wildman–Crippen LogP) is 1.15. The van der Waals surface area contributed by atoms with Crippen molar-refractivity contribution in [3.05, 3.63) is 29.5 Å². The van der Waals surface area contributed by atoms with Gasteiger partial charge >= 0.3 is 0 Å². The SMILES string of the molecule is O=C1COc2ncc(C(=O)NCc3nnc(C4CC4)n3C3CC3)cc2N1. The molecular formula is C17H18N6O3. The van der Waals surface area contributed by atoms with E-state index in [1.165, 1.54) is 19.0 Å². The zero-order valence-corrected chi connectivity index (χ0v) is 14.1. The fourth-order valence-corrected chi connectivity index (χ4v) is 3.17. The van der Waals surface area contributed by atoms with Crippen LogP contribution >= 0.6 is 0 Å². The van der Waals surface area contributed by atoms with Crippen LogP contribution < -0.4 is 15.4 Å². The van der Waals surface area contributed by atoms with E-state index in [1.54, 1.807) is 6.07 Å². The number of nitrogens with one attached hydrogen (secondary N) is 2. The van der Waals surface area contributed by atoms with Crippen molar-refractivity contribution < 1.29 is 14.3 Å². The van der Waals surface area contributed by atoms with E-state index in [-0.39, 0.29) is 18.4 Å². The van der Waals surface area contributed by atoms with Crippen molar-refractivity contribution in [2.75, 3.05) is 11.9 Å². The van der Waals surface area contributed by atoms with Gasteiger partial charge in [-0.05, 0) is 31.7 Å². The fourth-order valence-electron chi connectivity index (χ4n) is 3.17. The standard InChI is InChI=1S/C17H18N6O3/c24-14-8-26-17-12(20-14)5-10(6-19-17)16(25)18-7-13-21-22-15(9-1-2-9)23(13)11-3-4-11/h5-6,9,11H,1-4,7-8H2,(H,18,25)(H,20,24). The third-order valence-corrected chi connectivity index (χ3v) is 4.78. The molecule has 0 atom stereocenters. The molecule has 0 unspecified atom stereocenters. The molecule has 0 saturated heterocycles. The molecular weight excluding hydrogens is 336 g/mol. The van der Waals surface area contributed by atoms with E-state index in [9.17, 15) is 9.59 Å². The van der Waals surface area contributed by atoms with E-state index in [4.69, 9.17) is 4.74 Å². The van der Waals surface area contributed by atoms with E-state index in [0.717, 1.165) is 24.5 Å². The van der Waals surface area contributed by atoms with Gasteiger partial charge < -0.3 is 19.9 Å². The van der Waals surface area contributed by atoms with Gasteiger partial charge in [0.1, 0.15) is 11.5 Å². The molecule has 3 heterocycles. The molecule has 2 aromatic rings. The minimum atomic E-state index is -0.279. The number of anilines is 1. The average molecular weight is 354 g/mol. The van der Waals surface area contributed by atoms with Crippen molar-refractivity contribution in [1.29, 1.82) is 0 Å². The highest BCUT2D eigenvalue weighted by Crippen LogP contribution is 2.44.